The number of hydrogen-bond acceptors (Lipinski definition) is 5. The molecule has 1 amide bonds. The largest absolute Gasteiger partial charge is 0.462 e. The predicted octanol–water partition coefficient (Wildman–Crippen LogP) is 3.42. The van der Waals surface area contributed by atoms with Crippen LogP contribution in [0, 0.1) is 10.1 Å². The molecule has 2 aromatic carbocycles. The van der Waals surface area contributed by atoms with Gasteiger partial charge in [0.2, 0.25) is 5.91 Å². The van der Waals surface area contributed by atoms with Crippen LogP contribution < -0.4 is 5.32 Å². The number of anilines is 1. The van der Waals surface area contributed by atoms with E-state index in [2.05, 4.69) is 5.32 Å². The Morgan fingerprint density at radius 3 is 2.48 bits per heavy atom. The molecule has 0 unspecified atom stereocenters. The van der Waals surface area contributed by atoms with Gasteiger partial charge in [0.25, 0.3) is 5.69 Å². The lowest BCUT2D eigenvalue weighted by Gasteiger charge is -2.08. The van der Waals surface area contributed by atoms with Gasteiger partial charge in [-0.25, -0.2) is 4.79 Å². The third kappa shape index (κ3) is 5.00. The highest BCUT2D eigenvalue weighted by atomic mass is 16.6. The molecule has 0 spiro atoms. The van der Waals surface area contributed by atoms with Crippen LogP contribution in [0.1, 0.15) is 22.8 Å². The van der Waals surface area contributed by atoms with Gasteiger partial charge in [0.05, 0.1) is 22.8 Å². The molecule has 1 N–H and O–H groups in total. The van der Waals surface area contributed by atoms with Gasteiger partial charge in [-0.2, -0.15) is 0 Å². The zero-order chi connectivity index (χ0) is 18.2. The summed E-state index contributed by atoms with van der Waals surface area (Å²) in [5.41, 5.74) is 1.23. The number of benzene rings is 2. The Morgan fingerprint density at radius 1 is 1.16 bits per heavy atom. The monoisotopic (exact) mass is 340 g/mol. The Bertz CT molecular complexity index is 812. The van der Waals surface area contributed by atoms with Crippen molar-refractivity contribution in [3.05, 3.63) is 75.8 Å². The van der Waals surface area contributed by atoms with E-state index in [1.807, 2.05) is 0 Å². The van der Waals surface area contributed by atoms with Crippen LogP contribution in [0.25, 0.3) is 6.08 Å². The molecule has 0 saturated carbocycles. The van der Waals surface area contributed by atoms with E-state index in [4.69, 9.17) is 4.74 Å². The molecule has 2 rings (SSSR count). The smallest absolute Gasteiger partial charge is 0.340 e. The van der Waals surface area contributed by atoms with Crippen LogP contribution in [0.2, 0.25) is 0 Å². The van der Waals surface area contributed by atoms with Gasteiger partial charge in [-0.15, -0.1) is 0 Å². The highest BCUT2D eigenvalue weighted by molar-refractivity contribution is 6.06. The minimum absolute atomic E-state index is 0.0232. The van der Waals surface area contributed by atoms with Crippen molar-refractivity contribution in [1.29, 1.82) is 0 Å². The minimum atomic E-state index is -0.516. The first-order chi connectivity index (χ1) is 12.0. The molecule has 0 fully saturated rings. The van der Waals surface area contributed by atoms with Gasteiger partial charge in [0.15, 0.2) is 0 Å². The van der Waals surface area contributed by atoms with Gasteiger partial charge in [-0.1, -0.05) is 12.1 Å². The summed E-state index contributed by atoms with van der Waals surface area (Å²) in [5.74, 6) is -0.951. The zero-order valence-electron chi connectivity index (χ0n) is 13.5. The van der Waals surface area contributed by atoms with Gasteiger partial charge in [-0.3, -0.25) is 14.9 Å². The van der Waals surface area contributed by atoms with Crippen molar-refractivity contribution in [3.63, 3.8) is 0 Å². The Morgan fingerprint density at radius 2 is 1.84 bits per heavy atom. The van der Waals surface area contributed by atoms with Gasteiger partial charge in [0, 0.05) is 18.2 Å². The lowest BCUT2D eigenvalue weighted by molar-refractivity contribution is -0.384. The molecule has 0 radical (unpaired) electrons. The minimum Gasteiger partial charge on any atom is -0.462 e. The van der Waals surface area contributed by atoms with Crippen molar-refractivity contribution in [3.8, 4) is 0 Å². The highest BCUT2D eigenvalue weighted by Gasteiger charge is 2.12. The number of carbonyl (C=O) groups is 2. The molecule has 25 heavy (non-hydrogen) atoms. The standard InChI is InChI=1S/C18H16N2O5/c1-2-25-18(22)15-5-3-4-6-16(15)19-17(21)12-9-13-7-10-14(11-8-13)20(23)24/h3-12H,2H2,1H3,(H,19,21)/b12-9+. The molecule has 7 heteroatoms. The van der Waals surface area contributed by atoms with Crippen LogP contribution in [-0.2, 0) is 9.53 Å². The molecule has 0 aliphatic carbocycles. The number of hydrogen-bond donors (Lipinski definition) is 1. The average molecular weight is 340 g/mol. The summed E-state index contributed by atoms with van der Waals surface area (Å²) in [6.07, 6.45) is 2.80. The van der Waals surface area contributed by atoms with Crippen molar-refractivity contribution in [1.82, 2.24) is 0 Å². The predicted molar refractivity (Wildman–Crippen MR) is 93.2 cm³/mol. The van der Waals surface area contributed by atoms with Crippen LogP contribution in [0.3, 0.4) is 0 Å². The first-order valence-electron chi connectivity index (χ1n) is 7.51. The Kier molecular flexibility index (Phi) is 6.00. The number of non-ortho nitro benzene ring substituents is 1. The lowest BCUT2D eigenvalue weighted by atomic mass is 10.1. The van der Waals surface area contributed by atoms with Crippen LogP contribution in [0.15, 0.2) is 54.6 Å². The molecular formula is C18H16N2O5. The van der Waals surface area contributed by atoms with Crippen molar-refractivity contribution in [2.75, 3.05) is 11.9 Å². The Labute approximate surface area is 144 Å². The average Bonchev–Trinajstić information content (AvgIpc) is 2.61. The Balaban J connectivity index is 2.07. The molecule has 2 aromatic rings. The number of nitro benzene ring substituents is 1. The fourth-order valence-corrected chi connectivity index (χ4v) is 2.03. The van der Waals surface area contributed by atoms with Gasteiger partial charge >= 0.3 is 5.97 Å². The van der Waals surface area contributed by atoms with Gasteiger partial charge in [-0.05, 0) is 42.8 Å². The van der Waals surface area contributed by atoms with Crippen LogP contribution in [-0.4, -0.2) is 23.4 Å². The summed E-state index contributed by atoms with van der Waals surface area (Å²) >= 11 is 0. The molecule has 0 aromatic heterocycles. The van der Waals surface area contributed by atoms with Crippen molar-refractivity contribution in [2.45, 2.75) is 6.92 Å². The molecule has 7 nitrogen and oxygen atoms in total. The summed E-state index contributed by atoms with van der Waals surface area (Å²) in [7, 11) is 0. The quantitative estimate of drug-likeness (QED) is 0.376. The number of carbonyl (C=O) groups excluding carboxylic acids is 2. The van der Waals surface area contributed by atoms with Crippen molar-refractivity contribution < 1.29 is 19.2 Å². The second-order valence-corrected chi connectivity index (χ2v) is 4.94. The van der Waals surface area contributed by atoms with E-state index in [-0.39, 0.29) is 17.9 Å². The fraction of sp³-hybridized carbons (Fsp3) is 0.111. The first-order valence-corrected chi connectivity index (χ1v) is 7.51. The highest BCUT2D eigenvalue weighted by Crippen LogP contribution is 2.17. The molecule has 128 valence electrons. The number of nitrogens with one attached hydrogen (secondary N) is 1. The topological polar surface area (TPSA) is 98.5 Å². The summed E-state index contributed by atoms with van der Waals surface area (Å²) in [6.45, 7) is 1.94. The van der Waals surface area contributed by atoms with E-state index in [9.17, 15) is 19.7 Å². The summed E-state index contributed by atoms with van der Waals surface area (Å²) < 4.78 is 4.95. The maximum absolute atomic E-state index is 12.0. The number of nitrogens with zero attached hydrogens (tertiary/aromatic N) is 1. The van der Waals surface area contributed by atoms with Crippen molar-refractivity contribution in [2.24, 2.45) is 0 Å². The summed E-state index contributed by atoms with van der Waals surface area (Å²) in [6, 6.07) is 12.3. The zero-order valence-corrected chi connectivity index (χ0v) is 13.5. The van der Waals surface area contributed by atoms with Crippen LogP contribution >= 0.6 is 0 Å². The van der Waals surface area contributed by atoms with E-state index in [1.54, 1.807) is 31.2 Å². The third-order valence-corrected chi connectivity index (χ3v) is 3.21. The van der Waals surface area contributed by atoms with Crippen LogP contribution in [0.4, 0.5) is 11.4 Å². The molecule has 0 aliphatic heterocycles. The fourth-order valence-electron chi connectivity index (χ4n) is 2.03. The number of esters is 1. The van der Waals surface area contributed by atoms with Crippen LogP contribution in [0.5, 0.6) is 0 Å². The first kappa shape index (κ1) is 17.9. The third-order valence-electron chi connectivity index (χ3n) is 3.21. The number of ether oxygens (including phenoxy) is 1. The molecule has 0 bridgehead atoms. The maximum Gasteiger partial charge on any atom is 0.340 e. The molecule has 0 aliphatic rings. The summed E-state index contributed by atoms with van der Waals surface area (Å²) in [5, 5.41) is 13.2. The van der Waals surface area contributed by atoms with Gasteiger partial charge in [0.1, 0.15) is 0 Å². The number of nitro groups is 1. The van der Waals surface area contributed by atoms with E-state index in [0.29, 0.717) is 11.3 Å². The number of rotatable bonds is 6. The van der Waals surface area contributed by atoms with E-state index >= 15 is 0 Å². The molecule has 0 saturated heterocycles. The number of amides is 1. The molecule has 0 heterocycles. The normalized spacial score (nSPS) is 10.4. The van der Waals surface area contributed by atoms with E-state index < -0.39 is 16.8 Å². The maximum atomic E-state index is 12.0. The molecule has 0 atom stereocenters. The second-order valence-electron chi connectivity index (χ2n) is 4.94. The van der Waals surface area contributed by atoms with Crippen molar-refractivity contribution >= 4 is 29.3 Å². The number of para-hydroxylation sites is 1. The van der Waals surface area contributed by atoms with E-state index in [0.717, 1.165) is 0 Å². The van der Waals surface area contributed by atoms with Gasteiger partial charge < -0.3 is 10.1 Å². The lowest BCUT2D eigenvalue weighted by Crippen LogP contribution is -2.13. The second kappa shape index (κ2) is 8.39. The Hall–Kier alpha value is -3.48. The SMILES string of the molecule is CCOC(=O)c1ccccc1NC(=O)/C=C/c1ccc([N+](=O)[O-])cc1. The summed E-state index contributed by atoms with van der Waals surface area (Å²) in [4.78, 5) is 34.0. The van der Waals surface area contributed by atoms with E-state index in [1.165, 1.54) is 36.4 Å². The molecular weight excluding hydrogens is 324 g/mol.